The van der Waals surface area contributed by atoms with E-state index in [-0.39, 0.29) is 5.91 Å². The molecule has 0 saturated carbocycles. The van der Waals surface area contributed by atoms with Gasteiger partial charge in [-0.2, -0.15) is 0 Å². The van der Waals surface area contributed by atoms with Crippen molar-refractivity contribution in [3.8, 4) is 0 Å². The second-order valence-electron chi connectivity index (χ2n) is 7.76. The highest BCUT2D eigenvalue weighted by Gasteiger charge is 2.27. The number of aryl methyl sites for hydroxylation is 1. The highest BCUT2D eigenvalue weighted by molar-refractivity contribution is 9.10. The van der Waals surface area contributed by atoms with E-state index in [9.17, 15) is 4.79 Å². The van der Waals surface area contributed by atoms with Crippen molar-refractivity contribution in [2.24, 2.45) is 0 Å². The molecule has 0 spiro atoms. The third kappa shape index (κ3) is 3.50. The molecule has 3 heterocycles. The fourth-order valence-corrected chi connectivity index (χ4v) is 4.55. The summed E-state index contributed by atoms with van der Waals surface area (Å²) in [5, 5.41) is 2.14. The Morgan fingerprint density at radius 1 is 1.10 bits per heavy atom. The first-order valence-corrected chi connectivity index (χ1v) is 10.9. The van der Waals surface area contributed by atoms with E-state index in [4.69, 9.17) is 4.42 Å². The Morgan fingerprint density at radius 2 is 1.90 bits per heavy atom. The SMILES string of the molecule is Cc1c(C(=O)N2CCN(Cc3cccc4cccnc34)CC2)oc2ccc(Br)cc12. The van der Waals surface area contributed by atoms with E-state index in [0.29, 0.717) is 18.8 Å². The van der Waals surface area contributed by atoms with Gasteiger partial charge in [0.05, 0.1) is 5.52 Å². The van der Waals surface area contributed by atoms with Crippen LogP contribution in [0.2, 0.25) is 0 Å². The molecule has 1 saturated heterocycles. The van der Waals surface area contributed by atoms with Crippen molar-refractivity contribution in [1.29, 1.82) is 0 Å². The Balaban J connectivity index is 1.29. The number of aromatic nitrogens is 1. The molecule has 1 aliphatic rings. The van der Waals surface area contributed by atoms with Crippen molar-refractivity contribution >= 4 is 43.7 Å². The van der Waals surface area contributed by atoms with E-state index in [2.05, 4.69) is 50.1 Å². The van der Waals surface area contributed by atoms with Crippen LogP contribution < -0.4 is 0 Å². The van der Waals surface area contributed by atoms with Crippen molar-refractivity contribution in [2.45, 2.75) is 13.5 Å². The number of rotatable bonds is 3. The number of nitrogens with zero attached hydrogens (tertiary/aromatic N) is 3. The molecule has 30 heavy (non-hydrogen) atoms. The van der Waals surface area contributed by atoms with E-state index < -0.39 is 0 Å². The van der Waals surface area contributed by atoms with Crippen LogP contribution in [0.4, 0.5) is 0 Å². The predicted molar refractivity (Wildman–Crippen MR) is 122 cm³/mol. The number of carbonyl (C=O) groups excluding carboxylic acids is 1. The first kappa shape index (κ1) is 19.3. The molecule has 0 N–H and O–H groups in total. The highest BCUT2D eigenvalue weighted by Crippen LogP contribution is 2.29. The minimum atomic E-state index is -0.0219. The summed E-state index contributed by atoms with van der Waals surface area (Å²) in [7, 11) is 0. The van der Waals surface area contributed by atoms with Crippen LogP contribution in [0.1, 0.15) is 21.7 Å². The van der Waals surface area contributed by atoms with Crippen LogP contribution in [0, 0.1) is 6.92 Å². The van der Waals surface area contributed by atoms with Crippen molar-refractivity contribution in [1.82, 2.24) is 14.8 Å². The first-order chi connectivity index (χ1) is 14.6. The molecule has 1 fully saturated rings. The van der Waals surface area contributed by atoms with E-state index in [1.54, 1.807) is 0 Å². The maximum atomic E-state index is 13.1. The summed E-state index contributed by atoms with van der Waals surface area (Å²) in [6.45, 7) is 5.84. The van der Waals surface area contributed by atoms with E-state index in [1.165, 1.54) is 5.56 Å². The van der Waals surface area contributed by atoms with Gasteiger partial charge >= 0.3 is 0 Å². The quantitative estimate of drug-likeness (QED) is 0.428. The fourth-order valence-electron chi connectivity index (χ4n) is 4.19. The number of carbonyl (C=O) groups is 1. The molecule has 0 unspecified atom stereocenters. The third-order valence-electron chi connectivity index (χ3n) is 5.86. The Labute approximate surface area is 183 Å². The lowest BCUT2D eigenvalue weighted by atomic mass is 10.1. The molecule has 1 aliphatic heterocycles. The summed E-state index contributed by atoms with van der Waals surface area (Å²) in [4.78, 5) is 22.0. The minimum Gasteiger partial charge on any atom is -0.451 e. The number of para-hydroxylation sites is 1. The van der Waals surface area contributed by atoms with Gasteiger partial charge in [-0.1, -0.05) is 40.2 Å². The Hall–Kier alpha value is -2.70. The first-order valence-electron chi connectivity index (χ1n) is 10.1. The second-order valence-corrected chi connectivity index (χ2v) is 8.67. The topological polar surface area (TPSA) is 49.6 Å². The third-order valence-corrected chi connectivity index (χ3v) is 6.36. The summed E-state index contributed by atoms with van der Waals surface area (Å²) < 4.78 is 6.89. The van der Waals surface area contributed by atoms with Gasteiger partial charge in [0, 0.05) is 59.7 Å². The Morgan fingerprint density at radius 3 is 2.73 bits per heavy atom. The number of amides is 1. The molecule has 152 valence electrons. The van der Waals surface area contributed by atoms with Crippen LogP contribution in [-0.4, -0.2) is 46.9 Å². The monoisotopic (exact) mass is 463 g/mol. The zero-order valence-corrected chi connectivity index (χ0v) is 18.4. The Bertz CT molecular complexity index is 1240. The van der Waals surface area contributed by atoms with Gasteiger partial charge < -0.3 is 9.32 Å². The lowest BCUT2D eigenvalue weighted by Gasteiger charge is -2.34. The van der Waals surface area contributed by atoms with E-state index >= 15 is 0 Å². The fraction of sp³-hybridized carbons (Fsp3) is 0.250. The molecule has 0 aliphatic carbocycles. The lowest BCUT2D eigenvalue weighted by molar-refractivity contribution is 0.0599. The van der Waals surface area contributed by atoms with Crippen molar-refractivity contribution in [2.75, 3.05) is 26.2 Å². The number of benzene rings is 2. The second kappa shape index (κ2) is 7.85. The average molecular weight is 464 g/mol. The van der Waals surface area contributed by atoms with Gasteiger partial charge in [-0.3, -0.25) is 14.7 Å². The van der Waals surface area contributed by atoms with E-state index in [1.807, 2.05) is 42.3 Å². The van der Waals surface area contributed by atoms with E-state index in [0.717, 1.165) is 51.5 Å². The molecule has 5 nitrogen and oxygen atoms in total. The highest BCUT2D eigenvalue weighted by atomic mass is 79.9. The van der Waals surface area contributed by atoms with Gasteiger partial charge in [0.1, 0.15) is 5.58 Å². The normalized spacial score (nSPS) is 15.2. The largest absolute Gasteiger partial charge is 0.451 e. The molecule has 0 bridgehead atoms. The molecular weight excluding hydrogens is 442 g/mol. The molecule has 1 amide bonds. The van der Waals surface area contributed by atoms with Gasteiger partial charge in [0.15, 0.2) is 5.76 Å². The molecule has 2 aromatic heterocycles. The molecule has 6 heteroatoms. The summed E-state index contributed by atoms with van der Waals surface area (Å²) >= 11 is 3.49. The van der Waals surface area contributed by atoms with Crippen LogP contribution in [0.5, 0.6) is 0 Å². The number of furan rings is 1. The predicted octanol–water partition coefficient (Wildman–Crippen LogP) is 5.01. The average Bonchev–Trinajstić information content (AvgIpc) is 3.10. The molecule has 0 atom stereocenters. The van der Waals surface area contributed by atoms with Gasteiger partial charge in [-0.25, -0.2) is 0 Å². The van der Waals surface area contributed by atoms with Crippen molar-refractivity contribution in [3.63, 3.8) is 0 Å². The summed E-state index contributed by atoms with van der Waals surface area (Å²) in [6, 6.07) is 16.2. The molecule has 0 radical (unpaired) electrons. The number of pyridine rings is 1. The van der Waals surface area contributed by atoms with Crippen LogP contribution in [0.25, 0.3) is 21.9 Å². The molecule has 5 rings (SSSR count). The zero-order valence-electron chi connectivity index (χ0n) is 16.8. The van der Waals surface area contributed by atoms with Gasteiger partial charge in [0.25, 0.3) is 5.91 Å². The zero-order chi connectivity index (χ0) is 20.7. The number of fused-ring (bicyclic) bond motifs is 2. The number of hydrogen-bond acceptors (Lipinski definition) is 4. The van der Waals surface area contributed by atoms with Crippen molar-refractivity contribution < 1.29 is 9.21 Å². The molecule has 4 aromatic rings. The van der Waals surface area contributed by atoms with Crippen molar-refractivity contribution in [3.05, 3.63) is 76.1 Å². The Kier molecular flexibility index (Phi) is 5.05. The number of halogens is 1. The van der Waals surface area contributed by atoms with Crippen LogP contribution in [0.15, 0.2) is 63.6 Å². The maximum absolute atomic E-state index is 13.1. The minimum absolute atomic E-state index is 0.0219. The van der Waals surface area contributed by atoms with Gasteiger partial charge in [-0.15, -0.1) is 0 Å². The van der Waals surface area contributed by atoms with Crippen LogP contribution >= 0.6 is 15.9 Å². The number of hydrogen-bond donors (Lipinski definition) is 0. The summed E-state index contributed by atoms with van der Waals surface area (Å²) in [6.07, 6.45) is 1.84. The standard InChI is InChI=1S/C24H22BrN3O2/c1-16-20-14-19(25)7-8-21(20)30-23(16)24(29)28-12-10-27(11-13-28)15-18-5-2-4-17-6-3-9-26-22(17)18/h2-9,14H,10-13,15H2,1H3. The number of piperazine rings is 1. The lowest BCUT2D eigenvalue weighted by Crippen LogP contribution is -2.48. The summed E-state index contributed by atoms with van der Waals surface area (Å²) in [5.74, 6) is 0.432. The molecule has 2 aromatic carbocycles. The molecular formula is C24H22BrN3O2. The van der Waals surface area contributed by atoms with Crippen LogP contribution in [-0.2, 0) is 6.54 Å². The summed E-state index contributed by atoms with van der Waals surface area (Å²) in [5.41, 5.74) is 3.94. The van der Waals surface area contributed by atoms with Crippen LogP contribution in [0.3, 0.4) is 0 Å². The maximum Gasteiger partial charge on any atom is 0.289 e. The van der Waals surface area contributed by atoms with Gasteiger partial charge in [0.2, 0.25) is 0 Å². The smallest absolute Gasteiger partial charge is 0.289 e. The van der Waals surface area contributed by atoms with Gasteiger partial charge in [-0.05, 0) is 36.8 Å².